The fourth-order valence-corrected chi connectivity index (χ4v) is 1.43. The molecular weight excluding hydrogens is 270 g/mol. The summed E-state index contributed by atoms with van der Waals surface area (Å²) in [5, 5.41) is 21.5. The van der Waals surface area contributed by atoms with Gasteiger partial charge in [-0.25, -0.2) is 0 Å². The van der Waals surface area contributed by atoms with Crippen molar-refractivity contribution in [3.63, 3.8) is 0 Å². The van der Waals surface area contributed by atoms with Crippen LogP contribution < -0.4 is 5.32 Å². The molecule has 0 saturated carbocycles. The zero-order valence-corrected chi connectivity index (χ0v) is 10.6. The van der Waals surface area contributed by atoms with Crippen LogP contribution in [0.4, 0.5) is 5.69 Å². The van der Waals surface area contributed by atoms with E-state index in [1.807, 2.05) is 0 Å². The summed E-state index contributed by atoms with van der Waals surface area (Å²) >= 11 is 0. The number of nitrogens with one attached hydrogen (secondary N) is 1. The molecule has 2 aromatic carbocycles. The molecule has 0 fully saturated rings. The van der Waals surface area contributed by atoms with Crippen molar-refractivity contribution >= 4 is 11.6 Å². The van der Waals surface area contributed by atoms with E-state index in [-0.39, 0.29) is 34.4 Å². The first-order valence-electron chi connectivity index (χ1n) is 5.06. The number of amides is 1. The van der Waals surface area contributed by atoms with Gasteiger partial charge in [-0.05, 0) is 24.3 Å². The average molecular weight is 281 g/mol. The third-order valence-electron chi connectivity index (χ3n) is 2.30. The first-order valence-corrected chi connectivity index (χ1v) is 5.06. The summed E-state index contributed by atoms with van der Waals surface area (Å²) in [5.41, 5.74) is 0.469. The molecule has 1 amide bonds. The number of hydrogen-bond donors (Lipinski definition) is 3. The van der Waals surface area contributed by atoms with E-state index in [2.05, 4.69) is 5.32 Å². The topological polar surface area (TPSA) is 69.6 Å². The van der Waals surface area contributed by atoms with Gasteiger partial charge in [0, 0.05) is 17.4 Å². The van der Waals surface area contributed by atoms with Gasteiger partial charge >= 0.3 is 0 Å². The van der Waals surface area contributed by atoms with Crippen molar-refractivity contribution in [3.05, 3.63) is 54.1 Å². The van der Waals surface area contributed by atoms with Gasteiger partial charge in [-0.1, -0.05) is 24.3 Å². The number of hydrogen-bond acceptors (Lipinski definition) is 3. The zero-order valence-electron chi connectivity index (χ0n) is 9.33. The number of aromatic hydroxyl groups is 2. The van der Waals surface area contributed by atoms with Crippen molar-refractivity contribution in [1.82, 2.24) is 0 Å². The van der Waals surface area contributed by atoms with Crippen molar-refractivity contribution < 1.29 is 32.4 Å². The van der Waals surface area contributed by atoms with Gasteiger partial charge < -0.3 is 15.5 Å². The maximum Gasteiger partial charge on any atom is 0.259 e. The zero-order chi connectivity index (χ0) is 12.3. The molecule has 0 heterocycles. The van der Waals surface area contributed by atoms with Crippen molar-refractivity contribution in [2.24, 2.45) is 0 Å². The van der Waals surface area contributed by atoms with Crippen molar-refractivity contribution in [2.45, 2.75) is 0 Å². The molecule has 3 N–H and O–H groups in total. The SMILES string of the molecule is O=C(Nc1ccccc1O)c1ccccc1O.[Cr]. The van der Waals surface area contributed by atoms with Crippen LogP contribution in [0.1, 0.15) is 10.4 Å². The molecular formula is C13H11CrNO3. The van der Waals surface area contributed by atoms with E-state index in [0.29, 0.717) is 5.69 Å². The van der Waals surface area contributed by atoms with Crippen LogP contribution >= 0.6 is 0 Å². The van der Waals surface area contributed by atoms with Crippen LogP contribution in [0.3, 0.4) is 0 Å². The Morgan fingerprint density at radius 1 is 0.889 bits per heavy atom. The number of benzene rings is 2. The second-order valence-electron chi connectivity index (χ2n) is 3.49. The number of carbonyl (C=O) groups excluding carboxylic acids is 1. The number of rotatable bonds is 2. The number of phenols is 2. The number of phenolic OH excluding ortho intramolecular Hbond substituents is 2. The Labute approximate surface area is 115 Å². The fourth-order valence-electron chi connectivity index (χ4n) is 1.43. The van der Waals surface area contributed by atoms with E-state index in [0.717, 1.165) is 0 Å². The van der Waals surface area contributed by atoms with Crippen LogP contribution in [0.25, 0.3) is 0 Å². The molecule has 0 aliphatic rings. The Bertz CT molecular complexity index is 557. The number of anilines is 1. The van der Waals surface area contributed by atoms with Crippen molar-refractivity contribution in [3.8, 4) is 11.5 Å². The Kier molecular flexibility index (Phi) is 4.78. The Balaban J connectivity index is 0.00000162. The molecule has 0 aliphatic heterocycles. The number of carbonyl (C=O) groups is 1. The maximum absolute atomic E-state index is 11.8. The molecule has 2 rings (SSSR count). The Morgan fingerprint density at radius 3 is 2.06 bits per heavy atom. The molecule has 0 aromatic heterocycles. The van der Waals surface area contributed by atoms with Crippen LogP contribution in [0.15, 0.2) is 48.5 Å². The second-order valence-corrected chi connectivity index (χ2v) is 3.49. The average Bonchev–Trinajstić information content (AvgIpc) is 2.32. The van der Waals surface area contributed by atoms with E-state index in [4.69, 9.17) is 0 Å². The van der Waals surface area contributed by atoms with Crippen LogP contribution in [0, 0.1) is 0 Å². The molecule has 18 heavy (non-hydrogen) atoms. The fraction of sp³-hybridized carbons (Fsp3) is 0. The second kappa shape index (κ2) is 6.10. The van der Waals surface area contributed by atoms with E-state index < -0.39 is 5.91 Å². The Hall–Kier alpha value is -1.96. The molecule has 0 radical (unpaired) electrons. The third-order valence-corrected chi connectivity index (χ3v) is 2.30. The molecule has 2 aromatic rings. The molecule has 5 heteroatoms. The van der Waals surface area contributed by atoms with E-state index >= 15 is 0 Å². The predicted molar refractivity (Wildman–Crippen MR) is 64.2 cm³/mol. The predicted octanol–water partition coefficient (Wildman–Crippen LogP) is 2.35. The third kappa shape index (κ3) is 3.04. The van der Waals surface area contributed by atoms with E-state index in [9.17, 15) is 15.0 Å². The molecule has 0 atom stereocenters. The minimum atomic E-state index is -0.468. The summed E-state index contributed by atoms with van der Waals surface area (Å²) in [6.07, 6.45) is 0. The van der Waals surface area contributed by atoms with Gasteiger partial charge in [-0.3, -0.25) is 4.79 Å². The van der Waals surface area contributed by atoms with Gasteiger partial charge in [-0.15, -0.1) is 0 Å². The standard InChI is InChI=1S/C13H11NO3.Cr/c15-11-7-3-1-5-9(11)13(17)14-10-6-2-4-8-12(10)16;/h1-8,15-16H,(H,14,17);. The molecule has 0 unspecified atom stereocenters. The van der Waals surface area contributed by atoms with Gasteiger partial charge in [0.25, 0.3) is 5.91 Å². The molecule has 4 nitrogen and oxygen atoms in total. The van der Waals surface area contributed by atoms with E-state index in [1.165, 1.54) is 18.2 Å². The van der Waals surface area contributed by atoms with Crippen molar-refractivity contribution in [2.75, 3.05) is 5.32 Å². The van der Waals surface area contributed by atoms with Gasteiger partial charge in [0.15, 0.2) is 0 Å². The smallest absolute Gasteiger partial charge is 0.259 e. The molecule has 0 bridgehead atoms. The first kappa shape index (κ1) is 14.1. The van der Waals surface area contributed by atoms with Gasteiger partial charge in [0.1, 0.15) is 11.5 Å². The van der Waals surface area contributed by atoms with Gasteiger partial charge in [-0.2, -0.15) is 0 Å². The summed E-state index contributed by atoms with van der Waals surface area (Å²) in [7, 11) is 0. The quantitative estimate of drug-likeness (QED) is 0.740. The molecule has 0 aliphatic carbocycles. The summed E-state index contributed by atoms with van der Waals surface area (Å²) in [5.74, 6) is -0.582. The summed E-state index contributed by atoms with van der Waals surface area (Å²) in [6, 6.07) is 12.6. The van der Waals surface area contributed by atoms with Crippen LogP contribution in [-0.4, -0.2) is 16.1 Å². The molecule has 0 spiro atoms. The monoisotopic (exact) mass is 281 g/mol. The minimum absolute atomic E-state index is 0. The first-order chi connectivity index (χ1) is 8.18. The summed E-state index contributed by atoms with van der Waals surface area (Å²) in [4.78, 5) is 11.8. The largest absolute Gasteiger partial charge is 0.507 e. The molecule has 0 saturated heterocycles. The summed E-state index contributed by atoms with van der Waals surface area (Å²) < 4.78 is 0. The van der Waals surface area contributed by atoms with Crippen LogP contribution in [0.5, 0.6) is 11.5 Å². The van der Waals surface area contributed by atoms with Gasteiger partial charge in [0.2, 0.25) is 0 Å². The normalized spacial score (nSPS) is 9.33. The van der Waals surface area contributed by atoms with E-state index in [1.54, 1.807) is 30.3 Å². The summed E-state index contributed by atoms with van der Waals surface area (Å²) in [6.45, 7) is 0. The minimum Gasteiger partial charge on any atom is -0.507 e. The number of para-hydroxylation sites is 3. The van der Waals surface area contributed by atoms with Crippen LogP contribution in [-0.2, 0) is 17.4 Å². The molecule has 92 valence electrons. The van der Waals surface area contributed by atoms with Crippen LogP contribution in [0.2, 0.25) is 0 Å². The van der Waals surface area contributed by atoms with Gasteiger partial charge in [0.05, 0.1) is 11.3 Å². The van der Waals surface area contributed by atoms with Crippen molar-refractivity contribution in [1.29, 1.82) is 0 Å². The maximum atomic E-state index is 11.8. The Morgan fingerprint density at radius 2 is 1.44 bits per heavy atom.